The molecular weight excluding hydrogens is 217 g/mol. The quantitative estimate of drug-likeness (QED) is 0.668. The molecule has 3 nitrogen and oxygen atoms in total. The van der Waals surface area contributed by atoms with Gasteiger partial charge in [0.15, 0.2) is 0 Å². The van der Waals surface area contributed by atoms with E-state index in [9.17, 15) is 4.39 Å². The Bertz CT molecular complexity index is 270. The van der Waals surface area contributed by atoms with Crippen molar-refractivity contribution in [3.05, 3.63) is 24.6 Å². The van der Waals surface area contributed by atoms with Crippen LogP contribution >= 0.6 is 0 Å². The third kappa shape index (κ3) is 9.75. The number of halogens is 1. The monoisotopic (exact) mass is 243 g/mol. The molecular formula is C13H26FN3. The fourth-order valence-corrected chi connectivity index (χ4v) is 0.773. The van der Waals surface area contributed by atoms with E-state index < -0.39 is 5.97 Å². The molecule has 0 unspecified atom stereocenters. The van der Waals surface area contributed by atoms with Gasteiger partial charge in [-0.15, -0.1) is 0 Å². The van der Waals surface area contributed by atoms with Crippen LogP contribution in [0, 0.1) is 0 Å². The van der Waals surface area contributed by atoms with Crippen LogP contribution < -0.4 is 0 Å². The van der Waals surface area contributed by atoms with E-state index in [2.05, 4.69) is 18.2 Å². The van der Waals surface area contributed by atoms with Crippen molar-refractivity contribution in [2.24, 2.45) is 4.99 Å². The molecule has 0 N–H and O–H groups in total. The summed E-state index contributed by atoms with van der Waals surface area (Å²) in [5.74, 6) is -0.144. The summed E-state index contributed by atoms with van der Waals surface area (Å²) in [4.78, 5) is 7.57. The van der Waals surface area contributed by atoms with Crippen molar-refractivity contribution in [1.82, 2.24) is 9.80 Å². The predicted octanol–water partition coefficient (Wildman–Crippen LogP) is 2.92. The molecule has 0 heterocycles. The fourth-order valence-electron chi connectivity index (χ4n) is 0.773. The van der Waals surface area contributed by atoms with Crippen LogP contribution in [0.3, 0.4) is 0 Å². The minimum absolute atomic E-state index is 0.317. The maximum atomic E-state index is 13.1. The molecule has 4 heteroatoms. The fraction of sp³-hybridized carbons (Fsp3) is 0.615. The van der Waals surface area contributed by atoms with E-state index in [4.69, 9.17) is 0 Å². The van der Waals surface area contributed by atoms with Gasteiger partial charge in [-0.2, -0.15) is 4.39 Å². The van der Waals surface area contributed by atoms with Gasteiger partial charge in [0.05, 0.1) is 0 Å². The number of allylic oxidation sites excluding steroid dienone is 1. The molecule has 0 saturated heterocycles. The topological polar surface area (TPSA) is 18.8 Å². The molecule has 0 spiro atoms. The van der Waals surface area contributed by atoms with E-state index in [-0.39, 0.29) is 0 Å². The number of likely N-dealkylation sites (N-methyl/N-ethyl adjacent to an activating group) is 2. The van der Waals surface area contributed by atoms with Crippen LogP contribution in [0.2, 0.25) is 0 Å². The summed E-state index contributed by atoms with van der Waals surface area (Å²) in [5.41, 5.74) is 0.317. The summed E-state index contributed by atoms with van der Waals surface area (Å²) in [6.07, 6.45) is 0. The number of nitrogens with zero attached hydrogens (tertiary/aromatic N) is 3. The van der Waals surface area contributed by atoms with Crippen LogP contribution in [0.15, 0.2) is 29.5 Å². The third-order valence-electron chi connectivity index (χ3n) is 1.90. The minimum Gasteiger partial charge on any atom is -0.359 e. The molecule has 0 aliphatic carbocycles. The van der Waals surface area contributed by atoms with E-state index in [1.54, 1.807) is 6.92 Å². The molecule has 0 atom stereocenters. The highest BCUT2D eigenvalue weighted by Crippen LogP contribution is 2.04. The number of rotatable bonds is 6. The summed E-state index contributed by atoms with van der Waals surface area (Å²) < 4.78 is 13.1. The van der Waals surface area contributed by atoms with Gasteiger partial charge >= 0.3 is 0 Å². The summed E-state index contributed by atoms with van der Waals surface area (Å²) >= 11 is 0. The first-order valence-corrected chi connectivity index (χ1v) is 5.79. The van der Waals surface area contributed by atoms with Gasteiger partial charge in [-0.25, -0.2) is 4.99 Å². The van der Waals surface area contributed by atoms with Gasteiger partial charge < -0.3 is 9.80 Å². The molecule has 17 heavy (non-hydrogen) atoms. The highest BCUT2D eigenvalue weighted by Gasteiger charge is 2.04. The molecule has 0 aromatic carbocycles. The zero-order valence-corrected chi connectivity index (χ0v) is 12.0. The van der Waals surface area contributed by atoms with Gasteiger partial charge in [-0.3, -0.25) is 0 Å². The maximum absolute atomic E-state index is 13.1. The number of hydrogen-bond donors (Lipinski definition) is 0. The number of aliphatic imine (C=N–C) groups is 1. The first-order chi connectivity index (χ1) is 7.84. The highest BCUT2D eigenvalue weighted by molar-refractivity contribution is 5.91. The van der Waals surface area contributed by atoms with Crippen molar-refractivity contribution in [2.45, 2.75) is 20.8 Å². The van der Waals surface area contributed by atoms with Crippen molar-refractivity contribution in [2.75, 3.05) is 34.2 Å². The van der Waals surface area contributed by atoms with Crippen molar-refractivity contribution < 1.29 is 4.39 Å². The molecule has 0 aliphatic heterocycles. The Morgan fingerprint density at radius 3 is 1.94 bits per heavy atom. The highest BCUT2D eigenvalue weighted by atomic mass is 19.1. The second-order valence-electron chi connectivity index (χ2n) is 3.82. The zero-order valence-electron chi connectivity index (χ0n) is 12.0. The summed E-state index contributed by atoms with van der Waals surface area (Å²) in [6.45, 7) is 14.4. The van der Waals surface area contributed by atoms with E-state index in [1.165, 1.54) is 0 Å². The summed E-state index contributed by atoms with van der Waals surface area (Å²) in [6, 6.07) is 0. The molecule has 0 bridgehead atoms. The minimum atomic E-state index is -0.559. The second kappa shape index (κ2) is 10.0. The lowest BCUT2D eigenvalue weighted by Crippen LogP contribution is -2.27. The lowest BCUT2D eigenvalue weighted by atomic mass is 10.4. The molecule has 0 aliphatic rings. The molecule has 0 amide bonds. The largest absolute Gasteiger partial charge is 0.359 e. The normalized spacial score (nSPS) is 10.7. The van der Waals surface area contributed by atoms with Gasteiger partial charge in [0.25, 0.3) is 0 Å². The Labute approximate surface area is 105 Å². The lowest BCUT2D eigenvalue weighted by Gasteiger charge is -2.20. The zero-order chi connectivity index (χ0) is 14.0. The average molecular weight is 243 g/mol. The lowest BCUT2D eigenvalue weighted by molar-refractivity contribution is 0.324. The predicted molar refractivity (Wildman–Crippen MR) is 75.0 cm³/mol. The van der Waals surface area contributed by atoms with Crippen molar-refractivity contribution in [3.8, 4) is 0 Å². The Balaban J connectivity index is 0. The van der Waals surface area contributed by atoms with Gasteiger partial charge in [-0.05, 0) is 26.6 Å². The SMILES string of the molecule is C=C(C)/C(F)=N\C(=C)N(C)CCN(C)C.CC. The molecule has 100 valence electrons. The molecule has 0 radical (unpaired) electrons. The Hall–Kier alpha value is -1.16. The first kappa shape index (κ1) is 18.2. The molecule has 0 fully saturated rings. The van der Waals surface area contributed by atoms with E-state index in [0.29, 0.717) is 11.4 Å². The molecule has 0 rings (SSSR count). The van der Waals surface area contributed by atoms with Crippen LogP contribution in [-0.4, -0.2) is 50.0 Å². The van der Waals surface area contributed by atoms with Gasteiger partial charge in [0.1, 0.15) is 5.82 Å². The van der Waals surface area contributed by atoms with Crippen molar-refractivity contribution >= 4 is 5.97 Å². The molecule has 0 aromatic heterocycles. The van der Waals surface area contributed by atoms with Crippen molar-refractivity contribution in [1.29, 1.82) is 0 Å². The van der Waals surface area contributed by atoms with Crippen LogP contribution in [0.25, 0.3) is 0 Å². The van der Waals surface area contributed by atoms with E-state index >= 15 is 0 Å². The summed E-state index contributed by atoms with van der Waals surface area (Å²) in [7, 11) is 5.80. The first-order valence-electron chi connectivity index (χ1n) is 5.79. The molecule has 0 aromatic rings. The average Bonchev–Trinajstić information content (AvgIpc) is 2.28. The Morgan fingerprint density at radius 1 is 1.12 bits per heavy atom. The summed E-state index contributed by atoms with van der Waals surface area (Å²) in [5, 5.41) is 0. The standard InChI is InChI=1S/C11H20FN3.C2H6/c1-9(2)11(12)13-10(3)15(6)8-7-14(4)5;1-2/h1,3,7-8H2,2,4-6H3;1-2H3/b13-11+;. The Kier molecular flexibility index (Phi) is 10.7. The van der Waals surface area contributed by atoms with Gasteiger partial charge in [0, 0.05) is 20.1 Å². The van der Waals surface area contributed by atoms with Crippen LogP contribution in [0.1, 0.15) is 20.8 Å². The maximum Gasteiger partial charge on any atom is 0.217 e. The van der Waals surface area contributed by atoms with Gasteiger partial charge in [-0.1, -0.05) is 27.0 Å². The smallest absolute Gasteiger partial charge is 0.217 e. The van der Waals surface area contributed by atoms with E-state index in [0.717, 1.165) is 13.1 Å². The number of hydrogen-bond acceptors (Lipinski definition) is 3. The van der Waals surface area contributed by atoms with Crippen molar-refractivity contribution in [3.63, 3.8) is 0 Å². The third-order valence-corrected chi connectivity index (χ3v) is 1.90. The van der Waals surface area contributed by atoms with Crippen LogP contribution in [0.5, 0.6) is 0 Å². The Morgan fingerprint density at radius 2 is 1.59 bits per heavy atom. The van der Waals surface area contributed by atoms with E-state index in [1.807, 2.05) is 44.8 Å². The van der Waals surface area contributed by atoms with Gasteiger partial charge in [0.2, 0.25) is 5.97 Å². The second-order valence-corrected chi connectivity index (χ2v) is 3.82. The van der Waals surface area contributed by atoms with Crippen LogP contribution in [-0.2, 0) is 0 Å². The van der Waals surface area contributed by atoms with Crippen LogP contribution in [0.4, 0.5) is 4.39 Å². The molecule has 0 saturated carbocycles.